The van der Waals surface area contributed by atoms with Crippen LogP contribution < -0.4 is 5.32 Å². The molecule has 120 valence electrons. The third-order valence-electron chi connectivity index (χ3n) is 3.47. The molecule has 0 aliphatic carbocycles. The third-order valence-corrected chi connectivity index (χ3v) is 4.52. The van der Waals surface area contributed by atoms with E-state index in [0.29, 0.717) is 5.56 Å². The molecular formula is C19H17N3OS. The van der Waals surface area contributed by atoms with Crippen LogP contribution in [0.1, 0.15) is 28.1 Å². The van der Waals surface area contributed by atoms with Crippen LogP contribution in [0.2, 0.25) is 0 Å². The third kappa shape index (κ3) is 4.20. The zero-order chi connectivity index (χ0) is 16.8. The van der Waals surface area contributed by atoms with Gasteiger partial charge in [0.25, 0.3) is 5.91 Å². The number of hydrogen-bond donors (Lipinski definition) is 1. The fourth-order valence-corrected chi connectivity index (χ4v) is 3.08. The van der Waals surface area contributed by atoms with E-state index in [9.17, 15) is 4.79 Å². The summed E-state index contributed by atoms with van der Waals surface area (Å²) in [5.41, 5.74) is 2.53. The Labute approximate surface area is 145 Å². The second kappa shape index (κ2) is 7.75. The molecular weight excluding hydrogens is 318 g/mol. The molecule has 1 atom stereocenters. The van der Waals surface area contributed by atoms with Crippen molar-refractivity contribution in [1.29, 1.82) is 0 Å². The van der Waals surface area contributed by atoms with E-state index >= 15 is 0 Å². The summed E-state index contributed by atoms with van der Waals surface area (Å²) in [6, 6.07) is 18.8. The summed E-state index contributed by atoms with van der Waals surface area (Å²) in [7, 11) is 0. The first-order valence-corrected chi connectivity index (χ1v) is 8.50. The maximum Gasteiger partial charge on any atom is 0.255 e. The van der Waals surface area contributed by atoms with Crippen LogP contribution in [0.25, 0.3) is 0 Å². The average molecular weight is 335 g/mol. The Kier molecular flexibility index (Phi) is 5.23. The molecule has 1 unspecified atom stereocenters. The first-order chi connectivity index (χ1) is 11.7. The molecule has 0 bridgehead atoms. The minimum atomic E-state index is -0.112. The zero-order valence-corrected chi connectivity index (χ0v) is 14.0. The predicted octanol–water partition coefficient (Wildman–Crippen LogP) is 4.58. The average Bonchev–Trinajstić information content (AvgIpc) is 2.63. The van der Waals surface area contributed by atoms with Crippen molar-refractivity contribution in [2.45, 2.75) is 17.3 Å². The minimum absolute atomic E-state index is 0.112. The summed E-state index contributed by atoms with van der Waals surface area (Å²) in [5.74, 6) is -0.112. The van der Waals surface area contributed by atoms with Crippen molar-refractivity contribution in [3.63, 3.8) is 0 Å². The lowest BCUT2D eigenvalue weighted by molar-refractivity contribution is 0.102. The van der Waals surface area contributed by atoms with Gasteiger partial charge >= 0.3 is 0 Å². The van der Waals surface area contributed by atoms with Crippen molar-refractivity contribution in [1.82, 2.24) is 9.97 Å². The number of rotatable bonds is 5. The Bertz CT molecular complexity index is 809. The number of amides is 1. The fourth-order valence-electron chi connectivity index (χ4n) is 2.23. The highest BCUT2D eigenvalue weighted by Gasteiger charge is 2.11. The SMILES string of the molecule is CC(Sc1ncccn1)c1cccc(NC(=O)c2ccccc2)c1. The lowest BCUT2D eigenvalue weighted by Gasteiger charge is -2.12. The van der Waals surface area contributed by atoms with Crippen molar-refractivity contribution >= 4 is 23.4 Å². The molecule has 4 nitrogen and oxygen atoms in total. The van der Waals surface area contributed by atoms with E-state index in [-0.39, 0.29) is 11.2 Å². The Morgan fingerprint density at radius 1 is 1.00 bits per heavy atom. The normalized spacial score (nSPS) is 11.7. The Morgan fingerprint density at radius 2 is 1.75 bits per heavy atom. The summed E-state index contributed by atoms with van der Waals surface area (Å²) < 4.78 is 0. The van der Waals surface area contributed by atoms with Crippen molar-refractivity contribution < 1.29 is 4.79 Å². The zero-order valence-electron chi connectivity index (χ0n) is 13.2. The largest absolute Gasteiger partial charge is 0.322 e. The highest BCUT2D eigenvalue weighted by atomic mass is 32.2. The Morgan fingerprint density at radius 3 is 2.50 bits per heavy atom. The van der Waals surface area contributed by atoms with Crippen molar-refractivity contribution in [3.05, 3.63) is 84.2 Å². The van der Waals surface area contributed by atoms with E-state index in [1.165, 1.54) is 0 Å². The van der Waals surface area contributed by atoms with Gasteiger partial charge in [0.2, 0.25) is 0 Å². The highest BCUT2D eigenvalue weighted by molar-refractivity contribution is 7.99. The predicted molar refractivity (Wildman–Crippen MR) is 97.1 cm³/mol. The van der Waals surface area contributed by atoms with Gasteiger partial charge in [0.15, 0.2) is 5.16 Å². The standard InChI is InChI=1S/C19H17N3OS/c1-14(24-19-20-11-6-12-21-19)16-9-5-10-17(13-16)22-18(23)15-7-3-2-4-8-15/h2-14H,1H3,(H,22,23). The fraction of sp³-hybridized carbons (Fsp3) is 0.105. The van der Waals surface area contributed by atoms with Gasteiger partial charge in [-0.2, -0.15) is 0 Å². The monoisotopic (exact) mass is 335 g/mol. The van der Waals surface area contributed by atoms with Crippen LogP contribution in [0.5, 0.6) is 0 Å². The van der Waals surface area contributed by atoms with E-state index in [2.05, 4.69) is 22.2 Å². The van der Waals surface area contributed by atoms with E-state index in [4.69, 9.17) is 0 Å². The van der Waals surface area contributed by atoms with E-state index in [1.54, 1.807) is 42.4 Å². The molecule has 0 saturated carbocycles. The summed E-state index contributed by atoms with van der Waals surface area (Å²) >= 11 is 1.59. The molecule has 1 aromatic heterocycles. The van der Waals surface area contributed by atoms with Crippen LogP contribution >= 0.6 is 11.8 Å². The lowest BCUT2D eigenvalue weighted by Crippen LogP contribution is -2.11. The second-order valence-corrected chi connectivity index (χ2v) is 6.55. The van der Waals surface area contributed by atoms with Crippen LogP contribution in [-0.2, 0) is 0 Å². The molecule has 3 rings (SSSR count). The summed E-state index contributed by atoms with van der Waals surface area (Å²) in [6.45, 7) is 2.10. The van der Waals surface area contributed by atoms with E-state index < -0.39 is 0 Å². The second-order valence-electron chi connectivity index (χ2n) is 5.24. The molecule has 2 aromatic carbocycles. The molecule has 1 N–H and O–H groups in total. The lowest BCUT2D eigenvalue weighted by atomic mass is 10.1. The number of carbonyl (C=O) groups is 1. The van der Waals surface area contributed by atoms with Crippen LogP contribution in [0.3, 0.4) is 0 Å². The van der Waals surface area contributed by atoms with Gasteiger partial charge in [-0.1, -0.05) is 42.1 Å². The summed E-state index contributed by atoms with van der Waals surface area (Å²) in [4.78, 5) is 20.7. The number of aromatic nitrogens is 2. The molecule has 0 aliphatic rings. The van der Waals surface area contributed by atoms with Gasteiger partial charge in [-0.05, 0) is 42.8 Å². The quantitative estimate of drug-likeness (QED) is 0.547. The highest BCUT2D eigenvalue weighted by Crippen LogP contribution is 2.33. The summed E-state index contributed by atoms with van der Waals surface area (Å²) in [5, 5.41) is 3.86. The molecule has 1 amide bonds. The topological polar surface area (TPSA) is 54.9 Å². The van der Waals surface area contributed by atoms with Crippen molar-refractivity contribution in [2.75, 3.05) is 5.32 Å². The molecule has 0 aliphatic heterocycles. The Balaban J connectivity index is 1.71. The minimum Gasteiger partial charge on any atom is -0.322 e. The number of anilines is 1. The van der Waals surface area contributed by atoms with E-state index in [0.717, 1.165) is 16.4 Å². The Hall–Kier alpha value is -2.66. The maximum absolute atomic E-state index is 12.2. The van der Waals surface area contributed by atoms with Crippen molar-refractivity contribution in [3.8, 4) is 0 Å². The van der Waals surface area contributed by atoms with Crippen LogP contribution in [0.15, 0.2) is 78.2 Å². The first kappa shape index (κ1) is 16.2. The molecule has 24 heavy (non-hydrogen) atoms. The molecule has 0 radical (unpaired) electrons. The molecule has 0 spiro atoms. The van der Waals surface area contributed by atoms with Gasteiger partial charge in [0.05, 0.1) is 0 Å². The molecule has 0 fully saturated rings. The number of nitrogens with one attached hydrogen (secondary N) is 1. The first-order valence-electron chi connectivity index (χ1n) is 7.62. The number of benzene rings is 2. The molecule has 5 heteroatoms. The van der Waals surface area contributed by atoms with Crippen LogP contribution in [-0.4, -0.2) is 15.9 Å². The number of hydrogen-bond acceptors (Lipinski definition) is 4. The van der Waals surface area contributed by atoms with Crippen LogP contribution in [0, 0.1) is 0 Å². The number of carbonyl (C=O) groups excluding carboxylic acids is 1. The van der Waals surface area contributed by atoms with Gasteiger partial charge in [-0.3, -0.25) is 4.79 Å². The molecule has 0 saturated heterocycles. The summed E-state index contributed by atoms with van der Waals surface area (Å²) in [6.07, 6.45) is 3.47. The van der Waals surface area contributed by atoms with Crippen LogP contribution in [0.4, 0.5) is 5.69 Å². The van der Waals surface area contributed by atoms with Gasteiger partial charge in [-0.25, -0.2) is 9.97 Å². The number of thioether (sulfide) groups is 1. The van der Waals surface area contributed by atoms with Gasteiger partial charge in [0, 0.05) is 28.9 Å². The maximum atomic E-state index is 12.2. The number of nitrogens with zero attached hydrogens (tertiary/aromatic N) is 2. The van der Waals surface area contributed by atoms with Crippen molar-refractivity contribution in [2.24, 2.45) is 0 Å². The molecule has 1 heterocycles. The smallest absolute Gasteiger partial charge is 0.255 e. The van der Waals surface area contributed by atoms with Gasteiger partial charge in [-0.15, -0.1) is 0 Å². The molecule has 3 aromatic rings. The van der Waals surface area contributed by atoms with Gasteiger partial charge in [0.1, 0.15) is 0 Å². The van der Waals surface area contributed by atoms with E-state index in [1.807, 2.05) is 42.5 Å². The van der Waals surface area contributed by atoms with Gasteiger partial charge < -0.3 is 5.32 Å².